The molecule has 0 aromatic rings. The highest BCUT2D eigenvalue weighted by atomic mass is 35.5. The van der Waals surface area contributed by atoms with E-state index in [9.17, 15) is 9.59 Å². The molecule has 0 aromatic heterocycles. The van der Waals surface area contributed by atoms with E-state index in [4.69, 9.17) is 5.73 Å². The molecular formula is C18H35ClN4O2. The van der Waals surface area contributed by atoms with Gasteiger partial charge in [-0.1, -0.05) is 26.2 Å². The van der Waals surface area contributed by atoms with Crippen LogP contribution in [0.1, 0.15) is 52.4 Å². The lowest BCUT2D eigenvalue weighted by Gasteiger charge is -2.38. The number of piperazine rings is 1. The van der Waals surface area contributed by atoms with Crippen molar-refractivity contribution in [1.29, 1.82) is 0 Å². The van der Waals surface area contributed by atoms with Crippen molar-refractivity contribution in [2.45, 2.75) is 57.9 Å². The summed E-state index contributed by atoms with van der Waals surface area (Å²) in [7, 11) is 0. The first-order valence-corrected chi connectivity index (χ1v) is 9.52. The third-order valence-electron chi connectivity index (χ3n) is 5.24. The van der Waals surface area contributed by atoms with Crippen molar-refractivity contribution in [3.05, 3.63) is 0 Å². The molecule has 2 aliphatic heterocycles. The van der Waals surface area contributed by atoms with Crippen molar-refractivity contribution >= 4 is 24.2 Å². The van der Waals surface area contributed by atoms with E-state index in [1.165, 1.54) is 12.8 Å². The standard InChI is InChI=1S/C18H34N4O2.ClH/c1-3-8-18(2,19)17(24)22-13-11-20(12-14-22)15-16(23)21-9-6-4-5-7-10-21;/h3-15,19H2,1-2H3;1H. The lowest BCUT2D eigenvalue weighted by atomic mass is 9.95. The molecule has 0 radical (unpaired) electrons. The van der Waals surface area contributed by atoms with E-state index < -0.39 is 5.54 Å². The number of hydrogen-bond acceptors (Lipinski definition) is 4. The van der Waals surface area contributed by atoms with E-state index in [2.05, 4.69) is 4.90 Å². The fourth-order valence-corrected chi connectivity index (χ4v) is 3.71. The molecule has 2 rings (SSSR count). The average molecular weight is 375 g/mol. The number of rotatable bonds is 5. The van der Waals surface area contributed by atoms with Gasteiger partial charge in [0.15, 0.2) is 0 Å². The minimum Gasteiger partial charge on any atom is -0.342 e. The molecule has 0 aliphatic carbocycles. The van der Waals surface area contributed by atoms with Crippen molar-refractivity contribution in [2.75, 3.05) is 45.8 Å². The topological polar surface area (TPSA) is 69.9 Å². The molecule has 2 heterocycles. The summed E-state index contributed by atoms with van der Waals surface area (Å²) < 4.78 is 0. The van der Waals surface area contributed by atoms with Crippen LogP contribution in [0.25, 0.3) is 0 Å². The van der Waals surface area contributed by atoms with Gasteiger partial charge >= 0.3 is 0 Å². The highest BCUT2D eigenvalue weighted by molar-refractivity contribution is 5.86. The smallest absolute Gasteiger partial charge is 0.242 e. The van der Waals surface area contributed by atoms with Gasteiger partial charge in [-0.15, -0.1) is 12.4 Å². The van der Waals surface area contributed by atoms with Crippen molar-refractivity contribution in [2.24, 2.45) is 5.73 Å². The van der Waals surface area contributed by atoms with Gasteiger partial charge in [-0.2, -0.15) is 0 Å². The van der Waals surface area contributed by atoms with Gasteiger partial charge in [0.2, 0.25) is 11.8 Å². The molecule has 2 saturated heterocycles. The van der Waals surface area contributed by atoms with E-state index in [0.29, 0.717) is 26.1 Å². The average Bonchev–Trinajstić information content (AvgIpc) is 2.84. The van der Waals surface area contributed by atoms with Gasteiger partial charge in [-0.05, 0) is 26.2 Å². The fourth-order valence-electron chi connectivity index (χ4n) is 3.71. The van der Waals surface area contributed by atoms with Crippen molar-refractivity contribution < 1.29 is 9.59 Å². The molecule has 6 nitrogen and oxygen atoms in total. The Bertz CT molecular complexity index is 429. The third-order valence-corrected chi connectivity index (χ3v) is 5.24. The molecule has 0 saturated carbocycles. The molecule has 25 heavy (non-hydrogen) atoms. The van der Waals surface area contributed by atoms with E-state index in [1.54, 1.807) is 0 Å². The lowest BCUT2D eigenvalue weighted by molar-refractivity contribution is -0.139. The Hall–Kier alpha value is -0.850. The summed E-state index contributed by atoms with van der Waals surface area (Å²) in [6.45, 7) is 9.02. The Morgan fingerprint density at radius 1 is 0.920 bits per heavy atom. The maximum absolute atomic E-state index is 12.5. The summed E-state index contributed by atoms with van der Waals surface area (Å²) in [5, 5.41) is 0. The zero-order chi connectivity index (χ0) is 17.6. The minimum atomic E-state index is -0.765. The third kappa shape index (κ3) is 6.42. The van der Waals surface area contributed by atoms with Gasteiger partial charge in [0.25, 0.3) is 0 Å². The number of nitrogens with two attached hydrogens (primary N) is 1. The zero-order valence-electron chi connectivity index (χ0n) is 15.8. The number of carbonyl (C=O) groups is 2. The summed E-state index contributed by atoms with van der Waals surface area (Å²) in [4.78, 5) is 31.0. The van der Waals surface area contributed by atoms with Gasteiger partial charge in [0.05, 0.1) is 12.1 Å². The summed E-state index contributed by atoms with van der Waals surface area (Å²) in [6.07, 6.45) is 6.34. The van der Waals surface area contributed by atoms with Crippen LogP contribution in [0.3, 0.4) is 0 Å². The fraction of sp³-hybridized carbons (Fsp3) is 0.889. The first kappa shape index (κ1) is 22.2. The molecule has 0 aromatic carbocycles. The summed E-state index contributed by atoms with van der Waals surface area (Å²) >= 11 is 0. The molecule has 2 amide bonds. The predicted molar refractivity (Wildman–Crippen MR) is 103 cm³/mol. The Labute approximate surface area is 158 Å². The van der Waals surface area contributed by atoms with Crippen LogP contribution in [0.2, 0.25) is 0 Å². The van der Waals surface area contributed by atoms with E-state index >= 15 is 0 Å². The summed E-state index contributed by atoms with van der Waals surface area (Å²) in [5.74, 6) is 0.286. The van der Waals surface area contributed by atoms with Crippen LogP contribution in [0.15, 0.2) is 0 Å². The van der Waals surface area contributed by atoms with Crippen LogP contribution in [0.4, 0.5) is 0 Å². The Kier molecular flexibility index (Phi) is 9.17. The number of nitrogens with zero attached hydrogens (tertiary/aromatic N) is 3. The Morgan fingerprint density at radius 3 is 2.00 bits per heavy atom. The maximum Gasteiger partial charge on any atom is 0.242 e. The summed E-state index contributed by atoms with van der Waals surface area (Å²) in [6, 6.07) is 0. The Balaban J connectivity index is 0.00000312. The lowest BCUT2D eigenvalue weighted by Crippen LogP contribution is -2.58. The molecular weight excluding hydrogens is 340 g/mol. The van der Waals surface area contributed by atoms with Gasteiger partial charge in [-0.25, -0.2) is 0 Å². The van der Waals surface area contributed by atoms with Crippen LogP contribution in [0.5, 0.6) is 0 Å². The van der Waals surface area contributed by atoms with Crippen LogP contribution >= 0.6 is 12.4 Å². The molecule has 146 valence electrons. The second-order valence-electron chi connectivity index (χ2n) is 7.53. The van der Waals surface area contributed by atoms with Crippen LogP contribution in [-0.2, 0) is 9.59 Å². The molecule has 0 spiro atoms. The van der Waals surface area contributed by atoms with Crippen LogP contribution < -0.4 is 5.73 Å². The molecule has 2 fully saturated rings. The first-order chi connectivity index (χ1) is 11.4. The first-order valence-electron chi connectivity index (χ1n) is 9.52. The largest absolute Gasteiger partial charge is 0.342 e. The maximum atomic E-state index is 12.5. The monoisotopic (exact) mass is 374 g/mol. The van der Waals surface area contributed by atoms with Gasteiger partial charge in [0, 0.05) is 39.3 Å². The molecule has 7 heteroatoms. The van der Waals surface area contributed by atoms with E-state index in [1.807, 2.05) is 23.6 Å². The minimum absolute atomic E-state index is 0. The quantitative estimate of drug-likeness (QED) is 0.791. The zero-order valence-corrected chi connectivity index (χ0v) is 16.7. The Morgan fingerprint density at radius 2 is 1.48 bits per heavy atom. The highest BCUT2D eigenvalue weighted by Crippen LogP contribution is 2.15. The SMILES string of the molecule is CCCC(C)(N)C(=O)N1CCN(CC(=O)N2CCCCCC2)CC1.Cl. The van der Waals surface area contributed by atoms with Crippen molar-refractivity contribution in [3.8, 4) is 0 Å². The molecule has 1 atom stereocenters. The predicted octanol–water partition coefficient (Wildman–Crippen LogP) is 1.47. The second-order valence-corrected chi connectivity index (χ2v) is 7.53. The normalized spacial score (nSPS) is 21.9. The van der Waals surface area contributed by atoms with Gasteiger partial charge < -0.3 is 15.5 Å². The number of hydrogen-bond donors (Lipinski definition) is 1. The molecule has 0 bridgehead atoms. The number of likely N-dealkylation sites (tertiary alicyclic amines) is 1. The van der Waals surface area contributed by atoms with Crippen molar-refractivity contribution in [3.63, 3.8) is 0 Å². The van der Waals surface area contributed by atoms with Crippen molar-refractivity contribution in [1.82, 2.24) is 14.7 Å². The molecule has 1 unspecified atom stereocenters. The van der Waals surface area contributed by atoms with E-state index in [0.717, 1.165) is 45.4 Å². The molecule has 2 N–H and O–H groups in total. The van der Waals surface area contributed by atoms with E-state index in [-0.39, 0.29) is 24.2 Å². The van der Waals surface area contributed by atoms with Gasteiger partial charge in [-0.3, -0.25) is 14.5 Å². The highest BCUT2D eigenvalue weighted by Gasteiger charge is 2.33. The number of carbonyl (C=O) groups excluding carboxylic acids is 2. The van der Waals surface area contributed by atoms with Crippen LogP contribution in [0, 0.1) is 0 Å². The molecule has 2 aliphatic rings. The number of halogens is 1. The van der Waals surface area contributed by atoms with Gasteiger partial charge in [0.1, 0.15) is 0 Å². The van der Waals surface area contributed by atoms with Crippen LogP contribution in [-0.4, -0.2) is 77.9 Å². The number of amides is 2. The second kappa shape index (κ2) is 10.3. The summed E-state index contributed by atoms with van der Waals surface area (Å²) in [5.41, 5.74) is 5.40.